The molecule has 2 fully saturated rings. The Morgan fingerprint density at radius 2 is 1.81 bits per heavy atom. The first-order valence-electron chi connectivity index (χ1n) is 9.25. The molecule has 0 bridgehead atoms. The number of hydrogen-bond acceptors (Lipinski definition) is 4. The van der Waals surface area contributed by atoms with E-state index in [-0.39, 0.29) is 11.4 Å². The predicted molar refractivity (Wildman–Crippen MR) is 98.8 cm³/mol. The molecule has 3 rings (SSSR count). The van der Waals surface area contributed by atoms with Crippen molar-refractivity contribution in [3.05, 3.63) is 29.8 Å². The molecule has 1 saturated heterocycles. The van der Waals surface area contributed by atoms with Crippen molar-refractivity contribution in [1.82, 2.24) is 10.2 Å². The zero-order valence-corrected chi connectivity index (χ0v) is 15.7. The van der Waals surface area contributed by atoms with E-state index in [1.165, 1.54) is 19.3 Å². The van der Waals surface area contributed by atoms with Crippen LogP contribution in [0.3, 0.4) is 0 Å². The van der Waals surface area contributed by atoms with Crippen LogP contribution in [0, 0.1) is 0 Å². The highest BCUT2D eigenvalue weighted by Crippen LogP contribution is 2.34. The van der Waals surface area contributed by atoms with E-state index in [0.717, 1.165) is 39.1 Å². The van der Waals surface area contributed by atoms with Gasteiger partial charge >= 0.3 is 0 Å². The lowest BCUT2D eigenvalue weighted by Gasteiger charge is -2.48. The topological polar surface area (TPSA) is 41.6 Å². The second kappa shape index (κ2) is 9.15. The number of carbonyl (C=O) groups is 1. The normalized spacial score (nSPS) is 20.9. The minimum absolute atomic E-state index is 0.0170. The molecule has 0 atom stereocenters. The van der Waals surface area contributed by atoms with Crippen LogP contribution in [-0.2, 0) is 4.74 Å². The number of halogens is 2. The number of ether oxygens (including phenoxy) is 1. The number of nitrogens with zero attached hydrogens (tertiary/aromatic N) is 1. The van der Waals surface area contributed by atoms with Crippen LogP contribution in [0.15, 0.2) is 29.2 Å². The minimum Gasteiger partial charge on any atom is -0.379 e. The lowest BCUT2D eigenvalue weighted by molar-refractivity contribution is -0.0361. The van der Waals surface area contributed by atoms with Gasteiger partial charge in [0.05, 0.1) is 13.2 Å². The molecular formula is C19H26F2N2O2S. The summed E-state index contributed by atoms with van der Waals surface area (Å²) in [7, 11) is 0. The monoisotopic (exact) mass is 384 g/mol. The van der Waals surface area contributed by atoms with E-state index < -0.39 is 5.76 Å². The lowest BCUT2D eigenvalue weighted by Crippen LogP contribution is -2.59. The summed E-state index contributed by atoms with van der Waals surface area (Å²) in [6.45, 7) is 3.95. The molecule has 1 aliphatic heterocycles. The highest BCUT2D eigenvalue weighted by atomic mass is 32.2. The third-order valence-electron chi connectivity index (χ3n) is 5.39. The van der Waals surface area contributed by atoms with Gasteiger partial charge in [-0.1, -0.05) is 31.0 Å². The van der Waals surface area contributed by atoms with Gasteiger partial charge in [-0.3, -0.25) is 9.69 Å². The Kier molecular flexibility index (Phi) is 6.89. The Labute approximate surface area is 157 Å². The van der Waals surface area contributed by atoms with Crippen molar-refractivity contribution < 1.29 is 18.3 Å². The quantitative estimate of drug-likeness (QED) is 0.758. The molecule has 144 valence electrons. The molecule has 1 aromatic rings. The van der Waals surface area contributed by atoms with Crippen LogP contribution in [0.1, 0.15) is 42.5 Å². The van der Waals surface area contributed by atoms with Crippen molar-refractivity contribution in [1.29, 1.82) is 0 Å². The van der Waals surface area contributed by atoms with Crippen molar-refractivity contribution in [3.8, 4) is 0 Å². The molecule has 1 aliphatic carbocycles. The predicted octanol–water partition coefficient (Wildman–Crippen LogP) is 3.77. The van der Waals surface area contributed by atoms with E-state index in [9.17, 15) is 13.6 Å². The van der Waals surface area contributed by atoms with Crippen molar-refractivity contribution in [2.75, 3.05) is 32.8 Å². The second-order valence-corrected chi connectivity index (χ2v) is 8.03. The van der Waals surface area contributed by atoms with Gasteiger partial charge in [-0.15, -0.1) is 0 Å². The molecule has 0 aromatic heterocycles. The standard InChI is InChI=1S/C19H26F2N2O2S/c20-18(21)26-16-6-4-15(5-7-16)17(24)22-14-19(8-2-1-3-9-19)23-10-12-25-13-11-23/h4-7,18H,1-3,8-14H2,(H,22,24). The van der Waals surface area contributed by atoms with Gasteiger partial charge in [-0.25, -0.2) is 0 Å². The fourth-order valence-electron chi connectivity index (χ4n) is 3.99. The summed E-state index contributed by atoms with van der Waals surface area (Å²) in [5.74, 6) is -2.59. The van der Waals surface area contributed by atoms with E-state index in [1.807, 2.05) is 0 Å². The number of benzene rings is 1. The molecular weight excluding hydrogens is 358 g/mol. The number of rotatable bonds is 6. The van der Waals surface area contributed by atoms with Crippen LogP contribution >= 0.6 is 11.8 Å². The number of carbonyl (C=O) groups excluding carboxylic acids is 1. The van der Waals surface area contributed by atoms with Crippen LogP contribution in [0.5, 0.6) is 0 Å². The van der Waals surface area contributed by atoms with Crippen molar-refractivity contribution >= 4 is 17.7 Å². The third kappa shape index (κ3) is 4.96. The molecule has 7 heteroatoms. The Morgan fingerprint density at radius 3 is 2.42 bits per heavy atom. The van der Waals surface area contributed by atoms with Gasteiger partial charge in [0.2, 0.25) is 0 Å². The molecule has 2 aliphatic rings. The van der Waals surface area contributed by atoms with E-state index in [1.54, 1.807) is 24.3 Å². The molecule has 4 nitrogen and oxygen atoms in total. The van der Waals surface area contributed by atoms with E-state index in [0.29, 0.717) is 28.8 Å². The number of nitrogens with one attached hydrogen (secondary N) is 1. The number of thioether (sulfide) groups is 1. The molecule has 0 spiro atoms. The Bertz CT molecular complexity index is 586. The summed E-state index contributed by atoms with van der Waals surface area (Å²) in [6, 6.07) is 6.37. The first-order valence-corrected chi connectivity index (χ1v) is 10.1. The van der Waals surface area contributed by atoms with Crippen LogP contribution in [0.2, 0.25) is 0 Å². The number of hydrogen-bond donors (Lipinski definition) is 1. The van der Waals surface area contributed by atoms with Crippen LogP contribution in [0.4, 0.5) is 8.78 Å². The maximum absolute atomic E-state index is 12.5. The average molecular weight is 384 g/mol. The molecule has 26 heavy (non-hydrogen) atoms. The highest BCUT2D eigenvalue weighted by Gasteiger charge is 2.38. The van der Waals surface area contributed by atoms with E-state index in [2.05, 4.69) is 10.2 Å². The van der Waals surface area contributed by atoms with Gasteiger partial charge in [0.1, 0.15) is 0 Å². The van der Waals surface area contributed by atoms with Gasteiger partial charge in [0.25, 0.3) is 11.7 Å². The fraction of sp³-hybridized carbons (Fsp3) is 0.632. The van der Waals surface area contributed by atoms with Crippen molar-refractivity contribution in [2.45, 2.75) is 48.3 Å². The number of morpholine rings is 1. The van der Waals surface area contributed by atoms with Gasteiger partial charge in [-0.2, -0.15) is 8.78 Å². The summed E-state index contributed by atoms with van der Waals surface area (Å²) in [5, 5.41) is 3.09. The van der Waals surface area contributed by atoms with Crippen LogP contribution in [-0.4, -0.2) is 55.0 Å². The zero-order chi connectivity index (χ0) is 18.4. The first kappa shape index (κ1) is 19.6. The average Bonchev–Trinajstić information content (AvgIpc) is 2.68. The third-order valence-corrected chi connectivity index (χ3v) is 6.11. The Balaban J connectivity index is 1.61. The molecule has 1 amide bonds. The largest absolute Gasteiger partial charge is 0.379 e. The van der Waals surface area contributed by atoms with Crippen molar-refractivity contribution in [2.24, 2.45) is 0 Å². The van der Waals surface area contributed by atoms with Gasteiger partial charge in [-0.05, 0) is 37.1 Å². The first-order chi connectivity index (χ1) is 12.6. The molecule has 1 N–H and O–H groups in total. The summed E-state index contributed by atoms with van der Waals surface area (Å²) < 4.78 is 30.3. The number of amides is 1. The Hall–Kier alpha value is -1.18. The minimum atomic E-state index is -2.45. The van der Waals surface area contributed by atoms with E-state index in [4.69, 9.17) is 4.74 Å². The molecule has 1 aromatic carbocycles. The van der Waals surface area contributed by atoms with Crippen LogP contribution < -0.4 is 5.32 Å². The molecule has 0 unspecified atom stereocenters. The summed E-state index contributed by atoms with van der Waals surface area (Å²) in [6.07, 6.45) is 5.82. The summed E-state index contributed by atoms with van der Waals surface area (Å²) in [5.41, 5.74) is 0.528. The highest BCUT2D eigenvalue weighted by molar-refractivity contribution is 7.99. The number of alkyl halides is 2. The zero-order valence-electron chi connectivity index (χ0n) is 14.9. The lowest BCUT2D eigenvalue weighted by atomic mass is 9.79. The smallest absolute Gasteiger partial charge is 0.288 e. The van der Waals surface area contributed by atoms with Gasteiger partial charge < -0.3 is 10.1 Å². The van der Waals surface area contributed by atoms with Gasteiger partial charge in [0, 0.05) is 35.6 Å². The van der Waals surface area contributed by atoms with Gasteiger partial charge in [0.15, 0.2) is 0 Å². The molecule has 0 radical (unpaired) electrons. The molecule has 1 saturated carbocycles. The second-order valence-electron chi connectivity index (χ2n) is 6.97. The van der Waals surface area contributed by atoms with E-state index >= 15 is 0 Å². The summed E-state index contributed by atoms with van der Waals surface area (Å²) in [4.78, 5) is 15.5. The Morgan fingerprint density at radius 1 is 1.15 bits per heavy atom. The summed E-state index contributed by atoms with van der Waals surface area (Å²) >= 11 is 0.490. The van der Waals surface area contributed by atoms with Crippen LogP contribution in [0.25, 0.3) is 0 Å². The molecule has 1 heterocycles. The fourth-order valence-corrected chi connectivity index (χ4v) is 4.49. The maximum Gasteiger partial charge on any atom is 0.288 e. The maximum atomic E-state index is 12.5. The van der Waals surface area contributed by atoms with Crippen molar-refractivity contribution in [3.63, 3.8) is 0 Å². The SMILES string of the molecule is O=C(NCC1(N2CCOCC2)CCCCC1)c1ccc(SC(F)F)cc1.